The van der Waals surface area contributed by atoms with Gasteiger partial charge in [0.1, 0.15) is 17.7 Å². The Bertz CT molecular complexity index is 715. The topological polar surface area (TPSA) is 118 Å². The number of aryl methyl sites for hydroxylation is 1. The molecule has 1 saturated heterocycles. The minimum Gasteiger partial charge on any atom is -0.388 e. The lowest BCUT2D eigenvalue weighted by atomic mass is 10.1. The molecule has 4 atom stereocenters. The largest absolute Gasteiger partial charge is 0.388 e. The molecule has 0 aromatic carbocycles. The van der Waals surface area contributed by atoms with Gasteiger partial charge < -0.3 is 14.9 Å². The molecule has 2 aromatic heterocycles. The van der Waals surface area contributed by atoms with Crippen molar-refractivity contribution in [1.29, 1.82) is 0 Å². The highest BCUT2D eigenvalue weighted by atomic mass is 16.6. The third kappa shape index (κ3) is 2.32. The summed E-state index contributed by atoms with van der Waals surface area (Å²) in [6, 6.07) is 0. The van der Waals surface area contributed by atoms with Crippen LogP contribution in [-0.4, -0.2) is 54.3 Å². The molecular formula is C13H18N6O3. The summed E-state index contributed by atoms with van der Waals surface area (Å²) in [5.41, 5.74) is 4.51. The van der Waals surface area contributed by atoms with E-state index in [0.29, 0.717) is 22.8 Å². The molecule has 1 unspecified atom stereocenters. The fraction of sp³-hybridized carbons (Fsp3) is 0.538. The summed E-state index contributed by atoms with van der Waals surface area (Å²) in [5.74, 6) is 0.325. The van der Waals surface area contributed by atoms with E-state index in [1.54, 1.807) is 24.6 Å². The summed E-state index contributed by atoms with van der Waals surface area (Å²) in [6.07, 6.45) is -0.102. The summed E-state index contributed by atoms with van der Waals surface area (Å²) in [7, 11) is 0. The number of aliphatic hydroxyl groups excluding tert-OH is 2. The van der Waals surface area contributed by atoms with Gasteiger partial charge in [-0.3, -0.25) is 4.57 Å². The number of ether oxygens (including phenoxy) is 1. The Balaban J connectivity index is 2.05. The van der Waals surface area contributed by atoms with Crippen molar-refractivity contribution in [3.05, 3.63) is 12.0 Å². The molecule has 0 spiro atoms. The summed E-state index contributed by atoms with van der Waals surface area (Å²) < 4.78 is 7.21. The lowest BCUT2D eigenvalue weighted by Crippen LogP contribution is -2.30. The quantitative estimate of drug-likeness (QED) is 0.547. The van der Waals surface area contributed by atoms with Crippen molar-refractivity contribution in [2.24, 2.45) is 5.10 Å². The molecule has 0 bridgehead atoms. The van der Waals surface area contributed by atoms with Crippen molar-refractivity contribution in [2.75, 3.05) is 5.43 Å². The highest BCUT2D eigenvalue weighted by Gasteiger charge is 2.42. The first-order valence-corrected chi connectivity index (χ1v) is 6.99. The number of aromatic nitrogens is 4. The molecule has 0 saturated carbocycles. The number of hydrogen-bond acceptors (Lipinski definition) is 8. The average Bonchev–Trinajstić information content (AvgIpc) is 3.02. The number of nitrogens with one attached hydrogen (secondary N) is 1. The zero-order valence-electron chi connectivity index (χ0n) is 12.5. The molecule has 1 fully saturated rings. The Labute approximate surface area is 126 Å². The first kappa shape index (κ1) is 14.8. The Hall–Kier alpha value is -2.10. The van der Waals surface area contributed by atoms with E-state index in [-0.39, 0.29) is 0 Å². The number of rotatable bonds is 3. The van der Waals surface area contributed by atoms with Gasteiger partial charge in [-0.2, -0.15) is 10.1 Å². The zero-order valence-corrected chi connectivity index (χ0v) is 12.5. The Morgan fingerprint density at radius 1 is 1.36 bits per heavy atom. The van der Waals surface area contributed by atoms with Crippen LogP contribution in [0.15, 0.2) is 11.4 Å². The second kappa shape index (κ2) is 5.59. The minimum absolute atomic E-state index is 0.325. The van der Waals surface area contributed by atoms with Gasteiger partial charge in [0.25, 0.3) is 0 Å². The van der Waals surface area contributed by atoms with Gasteiger partial charge in [0.2, 0.25) is 5.95 Å². The van der Waals surface area contributed by atoms with E-state index in [2.05, 4.69) is 25.5 Å². The molecule has 1 aliphatic heterocycles. The van der Waals surface area contributed by atoms with Crippen molar-refractivity contribution in [3.8, 4) is 0 Å². The Morgan fingerprint density at radius 3 is 2.77 bits per heavy atom. The van der Waals surface area contributed by atoms with Crippen LogP contribution in [0.4, 0.5) is 5.95 Å². The zero-order chi connectivity index (χ0) is 15.9. The van der Waals surface area contributed by atoms with Gasteiger partial charge >= 0.3 is 0 Å². The van der Waals surface area contributed by atoms with Crippen LogP contribution in [0.2, 0.25) is 0 Å². The van der Waals surface area contributed by atoms with E-state index in [9.17, 15) is 10.2 Å². The van der Waals surface area contributed by atoms with Crippen LogP contribution >= 0.6 is 0 Å². The molecule has 0 radical (unpaired) electrons. The number of imidazole rings is 1. The van der Waals surface area contributed by atoms with Crippen molar-refractivity contribution in [3.63, 3.8) is 0 Å². The normalized spacial score (nSPS) is 28.8. The molecule has 0 amide bonds. The molecule has 2 aromatic rings. The third-order valence-corrected chi connectivity index (χ3v) is 3.64. The van der Waals surface area contributed by atoms with Crippen LogP contribution in [0.1, 0.15) is 25.8 Å². The van der Waals surface area contributed by atoms with E-state index in [4.69, 9.17) is 4.74 Å². The van der Waals surface area contributed by atoms with Crippen molar-refractivity contribution >= 4 is 23.3 Å². The number of aliphatic hydroxyl groups is 2. The monoisotopic (exact) mass is 306 g/mol. The second-order valence-electron chi connectivity index (χ2n) is 5.17. The van der Waals surface area contributed by atoms with Crippen LogP contribution in [0.3, 0.4) is 0 Å². The van der Waals surface area contributed by atoms with Gasteiger partial charge in [-0.15, -0.1) is 0 Å². The molecule has 9 nitrogen and oxygen atoms in total. The van der Waals surface area contributed by atoms with E-state index in [1.165, 1.54) is 6.33 Å². The predicted octanol–water partition coefficient (Wildman–Crippen LogP) is 0.191. The molecule has 3 N–H and O–H groups in total. The van der Waals surface area contributed by atoms with Crippen LogP contribution in [-0.2, 0) is 4.74 Å². The summed E-state index contributed by atoms with van der Waals surface area (Å²) >= 11 is 0. The van der Waals surface area contributed by atoms with E-state index in [1.807, 2.05) is 6.92 Å². The molecule has 1 aliphatic rings. The highest BCUT2D eigenvalue weighted by Crippen LogP contribution is 2.31. The second-order valence-corrected chi connectivity index (χ2v) is 5.17. The third-order valence-electron chi connectivity index (χ3n) is 3.64. The Kier molecular flexibility index (Phi) is 3.77. The maximum absolute atomic E-state index is 10.1. The Morgan fingerprint density at radius 2 is 2.14 bits per heavy atom. The number of anilines is 1. The van der Waals surface area contributed by atoms with E-state index >= 15 is 0 Å². The summed E-state index contributed by atoms with van der Waals surface area (Å²) in [5, 5.41) is 23.9. The minimum atomic E-state index is -1.05. The average molecular weight is 306 g/mol. The molecule has 118 valence electrons. The molecule has 0 aliphatic carbocycles. The van der Waals surface area contributed by atoms with Crippen LogP contribution in [0.5, 0.6) is 0 Å². The number of hydrogen-bond donors (Lipinski definition) is 3. The van der Waals surface area contributed by atoms with Gasteiger partial charge in [0, 0.05) is 6.21 Å². The van der Waals surface area contributed by atoms with Crippen molar-refractivity contribution < 1.29 is 14.9 Å². The molecule has 22 heavy (non-hydrogen) atoms. The smallest absolute Gasteiger partial charge is 0.245 e. The predicted molar refractivity (Wildman–Crippen MR) is 79.4 cm³/mol. The lowest BCUT2D eigenvalue weighted by molar-refractivity contribution is -0.0299. The lowest BCUT2D eigenvalue weighted by Gasteiger charge is -2.16. The standard InChI is InChI=1S/C13H18N6O3/c1-4-15-18-13-16-6(2)8-11(17-13)19(5-14-8)12-10(21)9(20)7(3)22-12/h4-5,7,9-10,12,20-21H,1-3H3,(H,16,17,18)/b15-4+/t7-,9?,10+,12-/m1/s1. The van der Waals surface area contributed by atoms with Gasteiger partial charge in [-0.05, 0) is 20.8 Å². The molecule has 3 heterocycles. The maximum atomic E-state index is 10.1. The van der Waals surface area contributed by atoms with Crippen LogP contribution < -0.4 is 5.43 Å². The van der Waals surface area contributed by atoms with E-state index in [0.717, 1.165) is 0 Å². The number of fused-ring (bicyclic) bond motifs is 1. The van der Waals surface area contributed by atoms with Crippen LogP contribution in [0, 0.1) is 6.92 Å². The number of hydrazone groups is 1. The fourth-order valence-corrected chi connectivity index (χ4v) is 2.47. The fourth-order valence-electron chi connectivity index (χ4n) is 2.47. The summed E-state index contributed by atoms with van der Waals surface area (Å²) in [6.45, 7) is 5.29. The van der Waals surface area contributed by atoms with Gasteiger partial charge in [-0.25, -0.2) is 15.4 Å². The van der Waals surface area contributed by atoms with E-state index < -0.39 is 24.5 Å². The molecule has 3 rings (SSSR count). The first-order valence-electron chi connectivity index (χ1n) is 6.99. The van der Waals surface area contributed by atoms with Gasteiger partial charge in [-0.1, -0.05) is 0 Å². The highest BCUT2D eigenvalue weighted by molar-refractivity contribution is 5.74. The van der Waals surface area contributed by atoms with Gasteiger partial charge in [0.15, 0.2) is 11.9 Å². The van der Waals surface area contributed by atoms with Crippen molar-refractivity contribution in [2.45, 2.75) is 45.3 Å². The molecular weight excluding hydrogens is 288 g/mol. The first-order chi connectivity index (χ1) is 10.5. The summed E-state index contributed by atoms with van der Waals surface area (Å²) in [4.78, 5) is 12.9. The molecule has 9 heteroatoms. The van der Waals surface area contributed by atoms with Gasteiger partial charge in [0.05, 0.1) is 18.1 Å². The SMILES string of the molecule is C/C=N/Nc1nc(C)c2ncn([C@@H]3O[C@H](C)C(O)[C@@H]3O)c2n1. The van der Waals surface area contributed by atoms with Crippen molar-refractivity contribution in [1.82, 2.24) is 19.5 Å². The maximum Gasteiger partial charge on any atom is 0.245 e. The number of nitrogens with zero attached hydrogens (tertiary/aromatic N) is 5. The van der Waals surface area contributed by atoms with Crippen LogP contribution in [0.25, 0.3) is 11.2 Å².